The van der Waals surface area contributed by atoms with E-state index >= 15 is 0 Å². The number of nitrogens with zero attached hydrogens (tertiary/aromatic N) is 1. The highest BCUT2D eigenvalue weighted by Crippen LogP contribution is 2.14. The fourth-order valence-corrected chi connectivity index (χ4v) is 1.29. The Kier molecular flexibility index (Phi) is 5.36. The average Bonchev–Trinajstić information content (AvgIpc) is 2.66. The molecule has 2 N–H and O–H groups in total. The summed E-state index contributed by atoms with van der Waals surface area (Å²) < 4.78 is 5.20. The maximum atomic E-state index is 5.20. The Morgan fingerprint density at radius 3 is 2.80 bits per heavy atom. The maximum absolute atomic E-state index is 5.20. The molecule has 0 saturated heterocycles. The second-order valence-corrected chi connectivity index (χ2v) is 4.01. The molecule has 0 saturated carbocycles. The molecule has 0 fully saturated rings. The van der Waals surface area contributed by atoms with E-state index in [1.165, 1.54) is 0 Å². The van der Waals surface area contributed by atoms with E-state index in [-0.39, 0.29) is 0 Å². The Bertz CT molecular complexity index is 271. The number of nitrogens with one attached hydrogen (secondary N) is 2. The fraction of sp³-hybridized carbons (Fsp3) is 0.727. The van der Waals surface area contributed by atoms with Crippen molar-refractivity contribution < 1.29 is 4.52 Å². The maximum Gasteiger partial charge on any atom is 0.139 e. The van der Waals surface area contributed by atoms with Crippen LogP contribution in [0.1, 0.15) is 37.6 Å². The van der Waals surface area contributed by atoms with Crippen LogP contribution in [0.15, 0.2) is 10.6 Å². The lowest BCUT2D eigenvalue weighted by molar-refractivity contribution is 0.364. The van der Waals surface area contributed by atoms with Crippen molar-refractivity contribution in [2.24, 2.45) is 0 Å². The van der Waals surface area contributed by atoms with Gasteiger partial charge in [-0.25, -0.2) is 0 Å². The molecule has 86 valence electrons. The van der Waals surface area contributed by atoms with Crippen molar-refractivity contribution in [2.75, 3.05) is 20.1 Å². The van der Waals surface area contributed by atoms with Crippen LogP contribution in [0, 0.1) is 0 Å². The summed E-state index contributed by atoms with van der Waals surface area (Å²) in [7, 11) is 1.96. The predicted octanol–water partition coefficient (Wildman–Crippen LogP) is 1.50. The fourth-order valence-electron chi connectivity index (χ4n) is 1.29. The van der Waals surface area contributed by atoms with Gasteiger partial charge < -0.3 is 15.2 Å². The summed E-state index contributed by atoms with van der Waals surface area (Å²) in [5.41, 5.74) is 0.989. The smallest absolute Gasteiger partial charge is 0.139 e. The standard InChI is InChI=1S/C11H21N3O/c1-9(2)11-7-10(14-15-11)8-13-6-4-5-12-3/h7,9,12-13H,4-6,8H2,1-3H3. The molecule has 0 unspecified atom stereocenters. The SMILES string of the molecule is CNCCCNCc1cc(C(C)C)on1. The first-order valence-electron chi connectivity index (χ1n) is 5.55. The quantitative estimate of drug-likeness (QED) is 0.671. The lowest BCUT2D eigenvalue weighted by Crippen LogP contribution is -2.19. The molecule has 0 radical (unpaired) electrons. The molecule has 1 aromatic rings. The van der Waals surface area contributed by atoms with Crippen LogP contribution in [-0.2, 0) is 6.54 Å². The van der Waals surface area contributed by atoms with Gasteiger partial charge in [0.2, 0.25) is 0 Å². The summed E-state index contributed by atoms with van der Waals surface area (Å²) in [6.45, 7) is 7.04. The molecule has 1 aromatic heterocycles. The molecule has 0 atom stereocenters. The van der Waals surface area contributed by atoms with Crippen LogP contribution < -0.4 is 10.6 Å². The monoisotopic (exact) mass is 211 g/mol. The summed E-state index contributed by atoms with van der Waals surface area (Å²) in [5.74, 6) is 1.37. The lowest BCUT2D eigenvalue weighted by atomic mass is 10.1. The van der Waals surface area contributed by atoms with E-state index in [1.807, 2.05) is 13.1 Å². The lowest BCUT2D eigenvalue weighted by Gasteiger charge is -2.00. The predicted molar refractivity (Wildman–Crippen MR) is 60.8 cm³/mol. The third-order valence-electron chi connectivity index (χ3n) is 2.23. The van der Waals surface area contributed by atoms with Crippen LogP contribution in [0.5, 0.6) is 0 Å². The summed E-state index contributed by atoms with van der Waals surface area (Å²) in [5, 5.41) is 10.4. The molecule has 1 rings (SSSR count). The molecule has 0 bridgehead atoms. The number of aromatic nitrogens is 1. The van der Waals surface area contributed by atoms with Crippen LogP contribution in [-0.4, -0.2) is 25.3 Å². The third kappa shape index (κ3) is 4.44. The molecular formula is C11H21N3O. The van der Waals surface area contributed by atoms with E-state index in [4.69, 9.17) is 4.52 Å². The van der Waals surface area contributed by atoms with Crippen LogP contribution in [0.4, 0.5) is 0 Å². The van der Waals surface area contributed by atoms with Crippen LogP contribution >= 0.6 is 0 Å². The van der Waals surface area contributed by atoms with Gasteiger partial charge in [0.25, 0.3) is 0 Å². The Balaban J connectivity index is 2.20. The normalized spacial score (nSPS) is 11.2. The van der Waals surface area contributed by atoms with Crippen molar-refractivity contribution in [1.82, 2.24) is 15.8 Å². The molecule has 0 aromatic carbocycles. The minimum Gasteiger partial charge on any atom is -0.361 e. The summed E-state index contributed by atoms with van der Waals surface area (Å²) in [4.78, 5) is 0. The highest BCUT2D eigenvalue weighted by Gasteiger charge is 2.06. The molecular weight excluding hydrogens is 190 g/mol. The Labute approximate surface area is 91.4 Å². The van der Waals surface area contributed by atoms with E-state index in [1.54, 1.807) is 0 Å². The van der Waals surface area contributed by atoms with Gasteiger partial charge in [0.1, 0.15) is 5.76 Å². The minimum atomic E-state index is 0.413. The first-order chi connectivity index (χ1) is 7.24. The largest absolute Gasteiger partial charge is 0.361 e. The molecule has 0 aliphatic heterocycles. The number of rotatable bonds is 7. The van der Waals surface area contributed by atoms with Gasteiger partial charge in [-0.1, -0.05) is 19.0 Å². The van der Waals surface area contributed by atoms with Gasteiger partial charge >= 0.3 is 0 Å². The molecule has 0 aliphatic carbocycles. The van der Waals surface area contributed by atoms with Gasteiger partial charge in [-0.15, -0.1) is 0 Å². The first kappa shape index (κ1) is 12.2. The zero-order chi connectivity index (χ0) is 11.1. The zero-order valence-electron chi connectivity index (χ0n) is 9.84. The summed E-state index contributed by atoms with van der Waals surface area (Å²) in [6, 6.07) is 2.02. The Morgan fingerprint density at radius 1 is 1.40 bits per heavy atom. The van der Waals surface area contributed by atoms with Gasteiger partial charge in [0.05, 0.1) is 5.69 Å². The van der Waals surface area contributed by atoms with E-state index in [2.05, 4.69) is 29.6 Å². The van der Waals surface area contributed by atoms with Crippen molar-refractivity contribution in [1.29, 1.82) is 0 Å². The first-order valence-corrected chi connectivity index (χ1v) is 5.55. The van der Waals surface area contributed by atoms with Gasteiger partial charge in [0.15, 0.2) is 0 Å². The number of hydrogen-bond acceptors (Lipinski definition) is 4. The molecule has 1 heterocycles. The molecule has 0 amide bonds. The third-order valence-corrected chi connectivity index (χ3v) is 2.23. The molecule has 4 heteroatoms. The van der Waals surface area contributed by atoms with E-state index in [9.17, 15) is 0 Å². The van der Waals surface area contributed by atoms with Crippen molar-refractivity contribution >= 4 is 0 Å². The molecule has 0 aliphatic rings. The van der Waals surface area contributed by atoms with Gasteiger partial charge in [-0.2, -0.15) is 0 Å². The van der Waals surface area contributed by atoms with Gasteiger partial charge in [0, 0.05) is 18.5 Å². The topological polar surface area (TPSA) is 50.1 Å². The second-order valence-electron chi connectivity index (χ2n) is 4.01. The highest BCUT2D eigenvalue weighted by molar-refractivity contribution is 5.08. The van der Waals surface area contributed by atoms with Crippen molar-refractivity contribution in [3.63, 3.8) is 0 Å². The highest BCUT2D eigenvalue weighted by atomic mass is 16.5. The van der Waals surface area contributed by atoms with Crippen LogP contribution in [0.3, 0.4) is 0 Å². The van der Waals surface area contributed by atoms with Crippen LogP contribution in [0.2, 0.25) is 0 Å². The second kappa shape index (κ2) is 6.58. The average molecular weight is 211 g/mol. The van der Waals surface area contributed by atoms with Crippen molar-refractivity contribution in [3.8, 4) is 0 Å². The van der Waals surface area contributed by atoms with E-state index in [0.717, 1.165) is 37.5 Å². The number of hydrogen-bond donors (Lipinski definition) is 2. The molecule has 0 spiro atoms. The van der Waals surface area contributed by atoms with Crippen molar-refractivity contribution in [3.05, 3.63) is 17.5 Å². The van der Waals surface area contributed by atoms with Gasteiger partial charge in [-0.05, 0) is 26.6 Å². The summed E-state index contributed by atoms with van der Waals surface area (Å²) in [6.07, 6.45) is 1.13. The Hall–Kier alpha value is -0.870. The zero-order valence-corrected chi connectivity index (χ0v) is 9.84. The Morgan fingerprint density at radius 2 is 2.20 bits per heavy atom. The summed E-state index contributed by atoms with van der Waals surface area (Å²) >= 11 is 0. The van der Waals surface area contributed by atoms with Crippen LogP contribution in [0.25, 0.3) is 0 Å². The molecule has 4 nitrogen and oxygen atoms in total. The van der Waals surface area contributed by atoms with Crippen molar-refractivity contribution in [2.45, 2.75) is 32.7 Å². The molecule has 15 heavy (non-hydrogen) atoms. The van der Waals surface area contributed by atoms with E-state index < -0.39 is 0 Å². The van der Waals surface area contributed by atoms with Gasteiger partial charge in [-0.3, -0.25) is 0 Å². The minimum absolute atomic E-state index is 0.413. The van der Waals surface area contributed by atoms with E-state index in [0.29, 0.717) is 5.92 Å².